The fraction of sp³-hybridized carbons (Fsp3) is 0.500. The third-order valence-electron chi connectivity index (χ3n) is 4.81. The van der Waals surface area contributed by atoms with E-state index >= 15 is 0 Å². The maximum Gasteiger partial charge on any atom is 0.336 e. The molecule has 3 rings (SSSR count). The Bertz CT molecular complexity index is 803. The maximum absolute atomic E-state index is 12.4. The van der Waals surface area contributed by atoms with E-state index in [1.807, 2.05) is 13.0 Å². The summed E-state index contributed by atoms with van der Waals surface area (Å²) in [6.45, 7) is 3.60. The molecule has 1 atom stereocenters. The second-order valence-corrected chi connectivity index (χ2v) is 6.86. The van der Waals surface area contributed by atoms with Crippen LogP contribution in [0.15, 0.2) is 33.5 Å². The molecule has 2 aromatic rings. The Balaban J connectivity index is 1.67. The molecule has 25 heavy (non-hydrogen) atoms. The number of aryl methyl sites for hydroxylation is 1. The summed E-state index contributed by atoms with van der Waals surface area (Å²) in [6, 6.07) is 7.02. The average Bonchev–Trinajstić information content (AvgIpc) is 2.83. The number of carbonyl (C=O) groups is 1. The molecule has 1 aromatic heterocycles. The largest absolute Gasteiger partial charge is 0.481 e. The van der Waals surface area contributed by atoms with E-state index in [2.05, 4.69) is 5.32 Å². The minimum absolute atomic E-state index is 0.0994. The van der Waals surface area contributed by atoms with Crippen molar-refractivity contribution >= 4 is 16.9 Å². The van der Waals surface area contributed by atoms with Crippen molar-refractivity contribution in [2.75, 3.05) is 0 Å². The molecule has 1 N–H and O–H groups in total. The van der Waals surface area contributed by atoms with Gasteiger partial charge in [0.2, 0.25) is 0 Å². The fourth-order valence-electron chi connectivity index (χ4n) is 3.38. The Labute approximate surface area is 147 Å². The molecule has 1 fully saturated rings. The Morgan fingerprint density at radius 3 is 2.64 bits per heavy atom. The molecule has 1 aliphatic carbocycles. The van der Waals surface area contributed by atoms with Crippen molar-refractivity contribution < 1.29 is 13.9 Å². The Kier molecular flexibility index (Phi) is 5.41. The Morgan fingerprint density at radius 1 is 1.20 bits per heavy atom. The first-order valence-electron chi connectivity index (χ1n) is 9.04. The lowest BCUT2D eigenvalue weighted by Crippen LogP contribution is -2.42. The number of hydrogen-bond acceptors (Lipinski definition) is 4. The minimum atomic E-state index is -0.600. The van der Waals surface area contributed by atoms with Gasteiger partial charge in [0.25, 0.3) is 5.91 Å². The van der Waals surface area contributed by atoms with Crippen LogP contribution in [0.5, 0.6) is 5.75 Å². The first kappa shape index (κ1) is 17.5. The van der Waals surface area contributed by atoms with Crippen LogP contribution in [0.3, 0.4) is 0 Å². The molecule has 0 bridgehead atoms. The lowest BCUT2D eigenvalue weighted by Gasteiger charge is -2.20. The van der Waals surface area contributed by atoms with Crippen molar-refractivity contribution in [3.05, 3.63) is 40.2 Å². The van der Waals surface area contributed by atoms with Gasteiger partial charge in [0, 0.05) is 23.6 Å². The molecule has 134 valence electrons. The van der Waals surface area contributed by atoms with Crippen LogP contribution in [0.25, 0.3) is 11.0 Å². The second-order valence-electron chi connectivity index (χ2n) is 6.86. The average molecular weight is 343 g/mol. The van der Waals surface area contributed by atoms with Gasteiger partial charge in [-0.15, -0.1) is 0 Å². The standard InChI is InChI=1S/C20H25NO4/c1-13-11-19(22)25-18-12-16(9-10-17(13)18)24-14(2)20(23)21-15-7-5-3-4-6-8-15/h9-12,14-15H,3-8H2,1-2H3,(H,21,23)/t14-/m1/s1. The van der Waals surface area contributed by atoms with E-state index in [-0.39, 0.29) is 17.6 Å². The van der Waals surface area contributed by atoms with Crippen LogP contribution in [-0.4, -0.2) is 18.1 Å². The van der Waals surface area contributed by atoms with Crippen LogP contribution in [-0.2, 0) is 4.79 Å². The number of fused-ring (bicyclic) bond motifs is 1. The minimum Gasteiger partial charge on any atom is -0.481 e. The predicted molar refractivity (Wildman–Crippen MR) is 96.9 cm³/mol. The molecule has 1 aromatic carbocycles. The Morgan fingerprint density at radius 2 is 1.92 bits per heavy atom. The maximum atomic E-state index is 12.4. The van der Waals surface area contributed by atoms with Crippen LogP contribution < -0.4 is 15.7 Å². The normalized spacial score (nSPS) is 17.0. The van der Waals surface area contributed by atoms with Gasteiger partial charge < -0.3 is 14.5 Å². The van der Waals surface area contributed by atoms with Crippen molar-refractivity contribution in [1.29, 1.82) is 0 Å². The molecule has 0 unspecified atom stereocenters. The van der Waals surface area contributed by atoms with E-state index < -0.39 is 6.10 Å². The van der Waals surface area contributed by atoms with Crippen LogP contribution in [0.1, 0.15) is 51.0 Å². The molecule has 1 saturated carbocycles. The van der Waals surface area contributed by atoms with Gasteiger partial charge >= 0.3 is 5.63 Å². The van der Waals surface area contributed by atoms with Crippen LogP contribution in [0, 0.1) is 6.92 Å². The molecule has 0 radical (unpaired) electrons. The van der Waals surface area contributed by atoms with E-state index in [1.54, 1.807) is 19.1 Å². The first-order valence-corrected chi connectivity index (χ1v) is 9.04. The number of amides is 1. The molecule has 5 heteroatoms. The zero-order valence-corrected chi connectivity index (χ0v) is 14.8. The van der Waals surface area contributed by atoms with Crippen molar-refractivity contribution in [3.8, 4) is 5.75 Å². The number of carbonyl (C=O) groups excluding carboxylic acids is 1. The number of ether oxygens (including phenoxy) is 1. The van der Waals surface area contributed by atoms with Crippen molar-refractivity contribution in [2.24, 2.45) is 0 Å². The first-order chi connectivity index (χ1) is 12.0. The van der Waals surface area contributed by atoms with Crippen LogP contribution in [0.4, 0.5) is 0 Å². The summed E-state index contributed by atoms with van der Waals surface area (Å²) in [4.78, 5) is 23.9. The summed E-state index contributed by atoms with van der Waals surface area (Å²) >= 11 is 0. The number of hydrogen-bond donors (Lipinski definition) is 1. The Hall–Kier alpha value is -2.30. The van der Waals surface area contributed by atoms with Crippen molar-refractivity contribution in [1.82, 2.24) is 5.32 Å². The van der Waals surface area contributed by atoms with Gasteiger partial charge in [0.05, 0.1) is 0 Å². The lowest BCUT2D eigenvalue weighted by atomic mass is 10.1. The van der Waals surface area contributed by atoms with E-state index in [0.29, 0.717) is 11.3 Å². The second kappa shape index (κ2) is 7.72. The zero-order chi connectivity index (χ0) is 17.8. The highest BCUT2D eigenvalue weighted by molar-refractivity contribution is 5.82. The van der Waals surface area contributed by atoms with Gasteiger partial charge in [0.1, 0.15) is 11.3 Å². The number of benzene rings is 1. The molecule has 1 aliphatic rings. The number of nitrogens with one attached hydrogen (secondary N) is 1. The summed E-state index contributed by atoms with van der Waals surface area (Å²) < 4.78 is 11.0. The smallest absolute Gasteiger partial charge is 0.336 e. The summed E-state index contributed by atoms with van der Waals surface area (Å²) in [5.41, 5.74) is 0.942. The van der Waals surface area contributed by atoms with Gasteiger partial charge in [0.15, 0.2) is 6.10 Å². The predicted octanol–water partition coefficient (Wildman–Crippen LogP) is 3.71. The van der Waals surface area contributed by atoms with Gasteiger partial charge in [-0.25, -0.2) is 4.79 Å². The lowest BCUT2D eigenvalue weighted by molar-refractivity contribution is -0.128. The van der Waals surface area contributed by atoms with E-state index in [1.165, 1.54) is 31.7 Å². The zero-order valence-electron chi connectivity index (χ0n) is 14.8. The van der Waals surface area contributed by atoms with Crippen molar-refractivity contribution in [2.45, 2.75) is 64.5 Å². The monoisotopic (exact) mass is 343 g/mol. The van der Waals surface area contributed by atoms with Crippen molar-refractivity contribution in [3.63, 3.8) is 0 Å². The molecule has 1 amide bonds. The highest BCUT2D eigenvalue weighted by Gasteiger charge is 2.20. The summed E-state index contributed by atoms with van der Waals surface area (Å²) in [5, 5.41) is 3.96. The SMILES string of the molecule is Cc1cc(=O)oc2cc(O[C@H](C)C(=O)NC3CCCCCC3)ccc12. The van der Waals surface area contributed by atoms with E-state index in [4.69, 9.17) is 9.15 Å². The van der Waals surface area contributed by atoms with E-state index in [0.717, 1.165) is 23.8 Å². The quantitative estimate of drug-likeness (QED) is 0.679. The van der Waals surface area contributed by atoms with Gasteiger partial charge in [-0.05, 0) is 44.4 Å². The molecule has 5 nitrogen and oxygen atoms in total. The van der Waals surface area contributed by atoms with Crippen LogP contribution >= 0.6 is 0 Å². The van der Waals surface area contributed by atoms with E-state index in [9.17, 15) is 9.59 Å². The van der Waals surface area contributed by atoms with Gasteiger partial charge in [-0.2, -0.15) is 0 Å². The molecular weight excluding hydrogens is 318 g/mol. The molecular formula is C20H25NO4. The molecule has 0 aliphatic heterocycles. The molecule has 1 heterocycles. The summed E-state index contributed by atoms with van der Waals surface area (Å²) in [6.07, 6.45) is 6.32. The third-order valence-corrected chi connectivity index (χ3v) is 4.81. The highest BCUT2D eigenvalue weighted by Crippen LogP contribution is 2.23. The summed E-state index contributed by atoms with van der Waals surface area (Å²) in [5.74, 6) is 0.419. The highest BCUT2D eigenvalue weighted by atomic mass is 16.5. The third kappa shape index (κ3) is 4.41. The topological polar surface area (TPSA) is 68.5 Å². The number of rotatable bonds is 4. The van der Waals surface area contributed by atoms with Gasteiger partial charge in [-0.1, -0.05) is 25.7 Å². The van der Waals surface area contributed by atoms with Gasteiger partial charge in [-0.3, -0.25) is 4.79 Å². The molecule has 0 spiro atoms. The summed E-state index contributed by atoms with van der Waals surface area (Å²) in [7, 11) is 0. The van der Waals surface area contributed by atoms with Crippen LogP contribution in [0.2, 0.25) is 0 Å². The fourth-order valence-corrected chi connectivity index (χ4v) is 3.38. The molecule has 0 saturated heterocycles.